The number of nitrogens with zero attached hydrogens (tertiary/aromatic N) is 4. The molecule has 1 fully saturated rings. The molecule has 1 aromatic heterocycles. The second-order valence-electron chi connectivity index (χ2n) is 7.79. The van der Waals surface area contributed by atoms with E-state index in [0.717, 1.165) is 44.3 Å². The summed E-state index contributed by atoms with van der Waals surface area (Å²) in [5, 5.41) is 15.4. The van der Waals surface area contributed by atoms with E-state index in [-0.39, 0.29) is 24.0 Å². The number of hydrogen-bond acceptors (Lipinski definition) is 3. The average Bonchev–Trinajstić information content (AvgIpc) is 3.17. The van der Waals surface area contributed by atoms with Crippen molar-refractivity contribution in [1.82, 2.24) is 25.4 Å². The number of nitrogens with one attached hydrogen (secondary N) is 2. The fraction of sp³-hybridized carbons (Fsp3) is 0.762. The number of rotatable bonds is 8. The minimum absolute atomic E-state index is 0. The molecule has 0 amide bonds. The Morgan fingerprint density at radius 2 is 2.07 bits per heavy atom. The van der Waals surface area contributed by atoms with E-state index < -0.39 is 0 Å². The second kappa shape index (κ2) is 13.2. The number of guanidine groups is 1. The minimum atomic E-state index is 0. The molecule has 0 spiro atoms. The molecule has 0 unspecified atom stereocenters. The van der Waals surface area contributed by atoms with Gasteiger partial charge in [-0.25, -0.2) is 0 Å². The quantitative estimate of drug-likeness (QED) is 0.243. The van der Waals surface area contributed by atoms with Crippen molar-refractivity contribution < 1.29 is 0 Å². The maximum Gasteiger partial charge on any atom is 0.191 e. The van der Waals surface area contributed by atoms with Crippen molar-refractivity contribution in [1.29, 1.82) is 0 Å². The van der Waals surface area contributed by atoms with Gasteiger partial charge in [0, 0.05) is 32.1 Å². The highest BCUT2D eigenvalue weighted by molar-refractivity contribution is 14.0. The molecule has 1 saturated carbocycles. The van der Waals surface area contributed by atoms with Gasteiger partial charge in [-0.05, 0) is 44.9 Å². The van der Waals surface area contributed by atoms with Gasteiger partial charge in [-0.15, -0.1) is 34.2 Å². The molecule has 1 heterocycles. The van der Waals surface area contributed by atoms with Gasteiger partial charge in [0.15, 0.2) is 5.96 Å². The lowest BCUT2D eigenvalue weighted by molar-refractivity contribution is 0.409. The summed E-state index contributed by atoms with van der Waals surface area (Å²) in [6.45, 7) is 4.70. The summed E-state index contributed by atoms with van der Waals surface area (Å²) < 4.78 is 2.12. The molecule has 0 atom stereocenters. The molecule has 28 heavy (non-hydrogen) atoms. The Balaban J connectivity index is 0.00000280. The molecule has 3 rings (SSSR count). The number of aryl methyl sites for hydroxylation is 1. The van der Waals surface area contributed by atoms with E-state index in [4.69, 9.17) is 4.99 Å². The Bertz CT molecular complexity index is 618. The molecule has 158 valence electrons. The van der Waals surface area contributed by atoms with Crippen LogP contribution >= 0.6 is 24.0 Å². The first-order valence-electron chi connectivity index (χ1n) is 10.9. The van der Waals surface area contributed by atoms with Crippen LogP contribution in [0, 0.1) is 0 Å². The Morgan fingerprint density at radius 3 is 2.82 bits per heavy atom. The van der Waals surface area contributed by atoms with Crippen LogP contribution in [0.3, 0.4) is 0 Å². The van der Waals surface area contributed by atoms with Crippen molar-refractivity contribution in [3.63, 3.8) is 0 Å². The Labute approximate surface area is 187 Å². The van der Waals surface area contributed by atoms with Crippen molar-refractivity contribution in [2.75, 3.05) is 13.1 Å². The molecule has 0 bridgehead atoms. The molecule has 6 nitrogen and oxygen atoms in total. The van der Waals surface area contributed by atoms with Crippen molar-refractivity contribution in [2.24, 2.45) is 4.99 Å². The molecule has 2 aliphatic rings. The molecule has 0 radical (unpaired) electrons. The molecule has 0 aliphatic heterocycles. The smallest absolute Gasteiger partial charge is 0.191 e. The third kappa shape index (κ3) is 7.72. The number of hydrogen-bond donors (Lipinski definition) is 2. The molecule has 1 aromatic rings. The van der Waals surface area contributed by atoms with Crippen LogP contribution in [-0.4, -0.2) is 39.9 Å². The number of aliphatic imine (C=N–C) groups is 1. The molecule has 0 saturated heterocycles. The largest absolute Gasteiger partial charge is 0.355 e. The zero-order chi connectivity index (χ0) is 18.7. The van der Waals surface area contributed by atoms with E-state index in [2.05, 4.69) is 38.4 Å². The second-order valence-corrected chi connectivity index (χ2v) is 7.79. The van der Waals surface area contributed by atoms with Gasteiger partial charge in [0.25, 0.3) is 0 Å². The van der Waals surface area contributed by atoms with E-state index in [1.165, 1.54) is 57.8 Å². The van der Waals surface area contributed by atoms with Gasteiger partial charge >= 0.3 is 0 Å². The van der Waals surface area contributed by atoms with Crippen LogP contribution in [0.15, 0.2) is 23.0 Å². The third-order valence-corrected chi connectivity index (χ3v) is 5.69. The molecule has 7 heteroatoms. The first-order valence-corrected chi connectivity index (χ1v) is 10.9. The van der Waals surface area contributed by atoms with E-state index in [1.807, 2.05) is 6.33 Å². The van der Waals surface area contributed by atoms with Gasteiger partial charge in [-0.3, -0.25) is 4.99 Å². The van der Waals surface area contributed by atoms with Gasteiger partial charge in [0.2, 0.25) is 0 Å². The summed E-state index contributed by atoms with van der Waals surface area (Å²) in [6.07, 6.45) is 18.0. The van der Waals surface area contributed by atoms with Crippen LogP contribution in [0.5, 0.6) is 0 Å². The number of allylic oxidation sites excluding steroid dienone is 1. The van der Waals surface area contributed by atoms with Gasteiger partial charge in [-0.2, -0.15) is 0 Å². The number of aromatic nitrogens is 3. The lowest BCUT2D eigenvalue weighted by atomic mass is 9.96. The summed E-state index contributed by atoms with van der Waals surface area (Å²) in [5.41, 5.74) is 1.60. The fourth-order valence-electron chi connectivity index (χ4n) is 4.07. The SMILES string of the molecule is CCc1nncn1CCNC(=NCCC1=CCCCC1)NC1CCCCC1.I. The lowest BCUT2D eigenvalue weighted by Crippen LogP contribution is -2.45. The zero-order valence-corrected chi connectivity index (χ0v) is 19.7. The topological polar surface area (TPSA) is 67.1 Å². The standard InChI is InChI=1S/C21H36N6.HI/c1-2-20-26-24-17-27(20)16-15-23-21(25-19-11-7-4-8-12-19)22-14-13-18-9-5-3-6-10-18;/h9,17,19H,2-8,10-16H2,1H3,(H2,22,23,25);1H. The third-order valence-electron chi connectivity index (χ3n) is 5.69. The zero-order valence-electron chi connectivity index (χ0n) is 17.3. The van der Waals surface area contributed by atoms with Crippen molar-refractivity contribution in [3.05, 3.63) is 23.8 Å². The van der Waals surface area contributed by atoms with Gasteiger partial charge in [0.05, 0.1) is 0 Å². The summed E-state index contributed by atoms with van der Waals surface area (Å²) in [4.78, 5) is 4.89. The fourth-order valence-corrected chi connectivity index (χ4v) is 4.07. The Hall–Kier alpha value is -1.12. The number of halogens is 1. The van der Waals surface area contributed by atoms with Crippen LogP contribution in [0.2, 0.25) is 0 Å². The van der Waals surface area contributed by atoms with Gasteiger partial charge in [0.1, 0.15) is 12.2 Å². The summed E-state index contributed by atoms with van der Waals surface area (Å²) in [7, 11) is 0. The van der Waals surface area contributed by atoms with E-state index >= 15 is 0 Å². The summed E-state index contributed by atoms with van der Waals surface area (Å²) in [6, 6.07) is 0.569. The monoisotopic (exact) mass is 500 g/mol. The first-order chi connectivity index (χ1) is 13.3. The van der Waals surface area contributed by atoms with E-state index in [0.29, 0.717) is 6.04 Å². The summed E-state index contributed by atoms with van der Waals surface area (Å²) in [5.74, 6) is 2.02. The van der Waals surface area contributed by atoms with Crippen LogP contribution in [-0.2, 0) is 13.0 Å². The lowest BCUT2D eigenvalue weighted by Gasteiger charge is -2.25. The first kappa shape index (κ1) is 23.2. The van der Waals surface area contributed by atoms with E-state index in [9.17, 15) is 0 Å². The molecular formula is C21H37IN6. The maximum atomic E-state index is 4.89. The minimum Gasteiger partial charge on any atom is -0.355 e. The highest BCUT2D eigenvalue weighted by atomic mass is 127. The van der Waals surface area contributed by atoms with Crippen molar-refractivity contribution >= 4 is 29.9 Å². The van der Waals surface area contributed by atoms with Crippen LogP contribution in [0.25, 0.3) is 0 Å². The summed E-state index contributed by atoms with van der Waals surface area (Å²) >= 11 is 0. The van der Waals surface area contributed by atoms with Gasteiger partial charge in [-0.1, -0.05) is 37.8 Å². The maximum absolute atomic E-state index is 4.89. The van der Waals surface area contributed by atoms with Crippen LogP contribution in [0.4, 0.5) is 0 Å². The average molecular weight is 500 g/mol. The molecule has 2 N–H and O–H groups in total. The van der Waals surface area contributed by atoms with Crippen LogP contribution < -0.4 is 10.6 Å². The Morgan fingerprint density at radius 1 is 1.21 bits per heavy atom. The molecule has 2 aliphatic carbocycles. The molecule has 0 aromatic carbocycles. The molecular weight excluding hydrogens is 463 g/mol. The normalized spacial score (nSPS) is 18.3. The van der Waals surface area contributed by atoms with E-state index in [1.54, 1.807) is 5.57 Å². The highest BCUT2D eigenvalue weighted by Gasteiger charge is 2.14. The highest BCUT2D eigenvalue weighted by Crippen LogP contribution is 2.20. The Kier molecular flexibility index (Phi) is 10.9. The van der Waals surface area contributed by atoms with Crippen molar-refractivity contribution in [2.45, 2.75) is 90.1 Å². The predicted molar refractivity (Wildman–Crippen MR) is 126 cm³/mol. The predicted octanol–water partition coefficient (Wildman–Crippen LogP) is 4.22. The van der Waals surface area contributed by atoms with Gasteiger partial charge < -0.3 is 15.2 Å². The van der Waals surface area contributed by atoms with Crippen molar-refractivity contribution in [3.8, 4) is 0 Å². The van der Waals surface area contributed by atoms with Crippen LogP contribution in [0.1, 0.15) is 77.0 Å².